The minimum absolute atomic E-state index is 0.375. The Balaban J connectivity index is 3.01. The van der Waals surface area contributed by atoms with Crippen molar-refractivity contribution in [2.75, 3.05) is 0 Å². The molecule has 0 heterocycles. The fourth-order valence-electron chi connectivity index (χ4n) is 0.790. The predicted octanol–water partition coefficient (Wildman–Crippen LogP) is 3.89. The SMILES string of the molecule is O=C(Cl)c1ccc(C(Cl)(Cl)Cl)cc1. The molecule has 0 spiro atoms. The summed E-state index contributed by atoms with van der Waals surface area (Å²) in [6, 6.07) is 6.10. The number of carbonyl (C=O) groups excluding carboxylic acids is 1. The molecule has 0 aliphatic carbocycles. The zero-order chi connectivity index (χ0) is 10.1. The Bertz CT molecular complexity index is 312. The standard InChI is InChI=1S/C8H4Cl4O/c9-7(13)5-1-3-6(4-2-5)8(10,11)12/h1-4H. The molecule has 0 fully saturated rings. The first kappa shape index (κ1) is 11.1. The van der Waals surface area contributed by atoms with Gasteiger partial charge in [0, 0.05) is 11.1 Å². The van der Waals surface area contributed by atoms with Crippen LogP contribution in [0.25, 0.3) is 0 Å². The molecule has 0 radical (unpaired) electrons. The number of alkyl halides is 3. The van der Waals surface area contributed by atoms with Gasteiger partial charge in [-0.1, -0.05) is 46.9 Å². The monoisotopic (exact) mass is 256 g/mol. The molecule has 0 bridgehead atoms. The van der Waals surface area contributed by atoms with E-state index in [4.69, 9.17) is 46.4 Å². The van der Waals surface area contributed by atoms with Crippen molar-refractivity contribution in [1.29, 1.82) is 0 Å². The van der Waals surface area contributed by atoms with E-state index in [1.807, 2.05) is 0 Å². The third-order valence-corrected chi connectivity index (χ3v) is 2.31. The van der Waals surface area contributed by atoms with E-state index in [1.165, 1.54) is 12.1 Å². The summed E-state index contributed by atoms with van der Waals surface area (Å²) in [5, 5.41) is -0.532. The molecule has 0 saturated carbocycles. The third-order valence-electron chi connectivity index (χ3n) is 1.44. The summed E-state index contributed by atoms with van der Waals surface area (Å²) >= 11 is 22.0. The van der Waals surface area contributed by atoms with Gasteiger partial charge in [0.25, 0.3) is 5.24 Å². The molecule has 1 aromatic carbocycles. The summed E-state index contributed by atoms with van der Waals surface area (Å²) in [7, 11) is 0. The number of rotatable bonds is 1. The lowest BCUT2D eigenvalue weighted by Crippen LogP contribution is -2.00. The van der Waals surface area contributed by atoms with E-state index in [1.54, 1.807) is 12.1 Å². The Hall–Kier alpha value is 0.0500. The van der Waals surface area contributed by atoms with Crippen molar-refractivity contribution in [2.24, 2.45) is 0 Å². The molecule has 0 aromatic heterocycles. The largest absolute Gasteiger partial charge is 0.276 e. The molecule has 0 saturated heterocycles. The van der Waals surface area contributed by atoms with Crippen LogP contribution < -0.4 is 0 Å². The fourth-order valence-corrected chi connectivity index (χ4v) is 1.29. The van der Waals surface area contributed by atoms with E-state index >= 15 is 0 Å². The molecule has 0 aliphatic heterocycles. The topological polar surface area (TPSA) is 17.1 Å². The summed E-state index contributed by atoms with van der Waals surface area (Å²) in [6.45, 7) is 0. The number of hydrogen-bond donors (Lipinski definition) is 0. The lowest BCUT2D eigenvalue weighted by Gasteiger charge is -2.10. The van der Waals surface area contributed by atoms with Gasteiger partial charge in [0.15, 0.2) is 0 Å². The van der Waals surface area contributed by atoms with Crippen LogP contribution in [0.15, 0.2) is 24.3 Å². The van der Waals surface area contributed by atoms with E-state index in [0.717, 1.165) is 0 Å². The van der Waals surface area contributed by atoms with Crippen LogP contribution in [-0.4, -0.2) is 5.24 Å². The molecular weight excluding hydrogens is 254 g/mol. The van der Waals surface area contributed by atoms with Gasteiger partial charge >= 0.3 is 0 Å². The Morgan fingerprint density at radius 2 is 1.54 bits per heavy atom. The molecule has 0 aliphatic rings. The molecule has 0 N–H and O–H groups in total. The van der Waals surface area contributed by atoms with Gasteiger partial charge in [-0.15, -0.1) is 0 Å². The van der Waals surface area contributed by atoms with E-state index in [2.05, 4.69) is 0 Å². The molecule has 1 rings (SSSR count). The van der Waals surface area contributed by atoms with Gasteiger partial charge in [-0.3, -0.25) is 4.79 Å². The molecule has 0 atom stereocenters. The van der Waals surface area contributed by atoms with Crippen LogP contribution in [0.3, 0.4) is 0 Å². The first-order valence-electron chi connectivity index (χ1n) is 3.28. The maximum Gasteiger partial charge on any atom is 0.252 e. The van der Waals surface area contributed by atoms with Crippen molar-refractivity contribution in [1.82, 2.24) is 0 Å². The van der Waals surface area contributed by atoms with Gasteiger partial charge in [-0.2, -0.15) is 0 Å². The van der Waals surface area contributed by atoms with Crippen LogP contribution in [-0.2, 0) is 3.79 Å². The molecule has 1 aromatic rings. The highest BCUT2D eigenvalue weighted by Gasteiger charge is 2.22. The highest BCUT2D eigenvalue weighted by molar-refractivity contribution is 6.68. The van der Waals surface area contributed by atoms with Gasteiger partial charge in [0.05, 0.1) is 0 Å². The van der Waals surface area contributed by atoms with Crippen molar-refractivity contribution in [3.8, 4) is 0 Å². The van der Waals surface area contributed by atoms with Crippen molar-refractivity contribution < 1.29 is 4.79 Å². The smallest absolute Gasteiger partial charge is 0.252 e. The van der Waals surface area contributed by atoms with Gasteiger partial charge in [0.2, 0.25) is 3.79 Å². The molecule has 5 heteroatoms. The molecular formula is C8H4Cl4O. The number of benzene rings is 1. The second-order valence-corrected chi connectivity index (χ2v) is 4.97. The molecule has 0 amide bonds. The third kappa shape index (κ3) is 3.03. The summed E-state index contributed by atoms with van der Waals surface area (Å²) < 4.78 is -1.46. The highest BCUT2D eigenvalue weighted by atomic mass is 35.6. The maximum absolute atomic E-state index is 10.7. The Morgan fingerprint density at radius 3 is 1.85 bits per heavy atom. The van der Waals surface area contributed by atoms with Crippen LogP contribution in [0.2, 0.25) is 0 Å². The number of carbonyl (C=O) groups is 1. The Morgan fingerprint density at radius 1 is 1.08 bits per heavy atom. The summed E-state index contributed by atoms with van der Waals surface area (Å²) in [5.74, 6) is 0. The minimum Gasteiger partial charge on any atom is -0.276 e. The molecule has 13 heavy (non-hydrogen) atoms. The number of hydrogen-bond acceptors (Lipinski definition) is 1. The quantitative estimate of drug-likeness (QED) is 0.551. The minimum atomic E-state index is -1.46. The zero-order valence-corrected chi connectivity index (χ0v) is 9.25. The second kappa shape index (κ2) is 4.05. The van der Waals surface area contributed by atoms with Gasteiger partial charge in [-0.05, 0) is 23.7 Å². The van der Waals surface area contributed by atoms with E-state index in [0.29, 0.717) is 11.1 Å². The van der Waals surface area contributed by atoms with E-state index in [9.17, 15) is 4.79 Å². The summed E-state index contributed by atoms with van der Waals surface area (Å²) in [4.78, 5) is 10.7. The van der Waals surface area contributed by atoms with Crippen LogP contribution in [0.5, 0.6) is 0 Å². The second-order valence-electron chi connectivity index (χ2n) is 2.35. The van der Waals surface area contributed by atoms with Crippen molar-refractivity contribution in [3.63, 3.8) is 0 Å². The summed E-state index contributed by atoms with van der Waals surface area (Å²) in [5.41, 5.74) is 0.874. The molecule has 70 valence electrons. The Labute approximate surface area is 95.5 Å². The average Bonchev–Trinajstić information content (AvgIpc) is 2.03. The van der Waals surface area contributed by atoms with Gasteiger partial charge in [0.1, 0.15) is 0 Å². The number of halogens is 4. The van der Waals surface area contributed by atoms with E-state index < -0.39 is 9.03 Å². The first-order valence-corrected chi connectivity index (χ1v) is 4.79. The van der Waals surface area contributed by atoms with Crippen LogP contribution >= 0.6 is 46.4 Å². The van der Waals surface area contributed by atoms with E-state index in [-0.39, 0.29) is 0 Å². The van der Waals surface area contributed by atoms with Crippen molar-refractivity contribution in [3.05, 3.63) is 35.4 Å². The maximum atomic E-state index is 10.7. The normalized spacial score (nSPS) is 11.4. The lowest BCUT2D eigenvalue weighted by molar-refractivity contribution is 0.108. The van der Waals surface area contributed by atoms with Gasteiger partial charge in [-0.25, -0.2) is 0 Å². The lowest BCUT2D eigenvalue weighted by atomic mass is 10.2. The highest BCUT2D eigenvalue weighted by Crippen LogP contribution is 2.37. The first-order chi connectivity index (χ1) is 5.91. The van der Waals surface area contributed by atoms with Crippen molar-refractivity contribution in [2.45, 2.75) is 3.79 Å². The Kier molecular flexibility index (Phi) is 3.47. The predicted molar refractivity (Wildman–Crippen MR) is 55.9 cm³/mol. The van der Waals surface area contributed by atoms with Crippen molar-refractivity contribution >= 4 is 51.6 Å². The fraction of sp³-hybridized carbons (Fsp3) is 0.125. The summed E-state index contributed by atoms with van der Waals surface area (Å²) in [6.07, 6.45) is 0. The zero-order valence-electron chi connectivity index (χ0n) is 6.23. The molecule has 0 unspecified atom stereocenters. The van der Waals surface area contributed by atoms with Gasteiger partial charge < -0.3 is 0 Å². The average molecular weight is 258 g/mol. The van der Waals surface area contributed by atoms with Crippen LogP contribution in [0.1, 0.15) is 15.9 Å². The molecule has 1 nitrogen and oxygen atoms in total. The van der Waals surface area contributed by atoms with Crippen LogP contribution in [0, 0.1) is 0 Å². The van der Waals surface area contributed by atoms with Crippen LogP contribution in [0.4, 0.5) is 0 Å².